The minimum Gasteiger partial charge on any atom is -0.393 e. The van der Waals surface area contributed by atoms with Crippen molar-refractivity contribution in [2.75, 3.05) is 0 Å². The fourth-order valence-electron chi connectivity index (χ4n) is 6.31. The molecule has 0 heterocycles. The number of halogens is 1. The molecule has 0 aromatic carbocycles. The van der Waals surface area contributed by atoms with Crippen molar-refractivity contribution in [2.24, 2.45) is 17.3 Å². The average molecular weight is 324 g/mol. The normalized spacial score (nSPS) is 56.1. The summed E-state index contributed by atoms with van der Waals surface area (Å²) in [6, 6.07) is 0. The van der Waals surface area contributed by atoms with Gasteiger partial charge in [0.25, 0.3) is 0 Å². The predicted octanol–water partition coefficient (Wildman–Crippen LogP) is 2.88. The Bertz CT molecular complexity index is 535. The first-order chi connectivity index (χ1) is 10.8. The van der Waals surface area contributed by atoms with Crippen LogP contribution >= 0.6 is 0 Å². The van der Waals surface area contributed by atoms with Crippen LogP contribution in [0.25, 0.3) is 0 Å². The lowest BCUT2D eigenvalue weighted by Crippen LogP contribution is -2.55. The number of fused-ring (bicyclic) bond motifs is 4. The Hall–Kier alpha value is -0.450. The number of aliphatic hydroxyl groups excluding tert-OH is 1. The van der Waals surface area contributed by atoms with E-state index in [1.165, 1.54) is 0 Å². The third-order valence-corrected chi connectivity index (χ3v) is 7.65. The smallest absolute Gasteiger partial charge is 0.153 e. The summed E-state index contributed by atoms with van der Waals surface area (Å²) in [6.07, 6.45) is 6.15. The average Bonchev–Trinajstić information content (AvgIpc) is 2.86. The molecule has 0 aromatic rings. The van der Waals surface area contributed by atoms with E-state index in [0.29, 0.717) is 31.3 Å². The van der Waals surface area contributed by atoms with Gasteiger partial charge < -0.3 is 15.3 Å². The maximum Gasteiger partial charge on any atom is 0.153 e. The lowest BCUT2D eigenvalue weighted by molar-refractivity contribution is -0.124. The molecule has 4 aliphatic carbocycles. The second kappa shape index (κ2) is 5.03. The zero-order valence-corrected chi connectivity index (χ0v) is 14.0. The molecule has 7 atom stereocenters. The van der Waals surface area contributed by atoms with Gasteiger partial charge in [-0.15, -0.1) is 0 Å². The van der Waals surface area contributed by atoms with E-state index >= 15 is 4.39 Å². The van der Waals surface area contributed by atoms with Crippen LogP contribution in [-0.2, 0) is 0 Å². The molecule has 3 fully saturated rings. The molecule has 0 aliphatic heterocycles. The van der Waals surface area contributed by atoms with Crippen molar-refractivity contribution >= 4 is 0 Å². The monoisotopic (exact) mass is 324 g/mol. The number of alkyl halides is 1. The van der Waals surface area contributed by atoms with E-state index in [-0.39, 0.29) is 23.7 Å². The maximum absolute atomic E-state index is 15.5. The fourth-order valence-corrected chi connectivity index (χ4v) is 6.31. The van der Waals surface area contributed by atoms with Crippen LogP contribution in [0.3, 0.4) is 0 Å². The minimum atomic E-state index is -1.56. The summed E-state index contributed by atoms with van der Waals surface area (Å²) in [5.74, 6) is -0.0639. The Labute approximate surface area is 137 Å². The Morgan fingerprint density at radius 1 is 1.13 bits per heavy atom. The third-order valence-electron chi connectivity index (χ3n) is 7.65. The van der Waals surface area contributed by atoms with Gasteiger partial charge in [-0.05, 0) is 67.8 Å². The van der Waals surface area contributed by atoms with Crippen LogP contribution in [0.2, 0.25) is 0 Å². The van der Waals surface area contributed by atoms with Crippen LogP contribution in [0.5, 0.6) is 0 Å². The molecule has 0 bridgehead atoms. The quantitative estimate of drug-likeness (QED) is 0.601. The van der Waals surface area contributed by atoms with Crippen LogP contribution in [-0.4, -0.2) is 38.8 Å². The SMILES string of the molecule is CC12CC=C3C(F)C4(O)CC(O)CCC4CC[C@]3(O)C1CCC2. The van der Waals surface area contributed by atoms with Crippen LogP contribution in [0.1, 0.15) is 64.7 Å². The van der Waals surface area contributed by atoms with Gasteiger partial charge >= 0.3 is 0 Å². The highest BCUT2D eigenvalue weighted by molar-refractivity contribution is 5.34. The van der Waals surface area contributed by atoms with Gasteiger partial charge in [0.15, 0.2) is 6.17 Å². The van der Waals surface area contributed by atoms with Crippen LogP contribution in [0, 0.1) is 17.3 Å². The number of aliphatic hydroxyl groups is 3. The number of hydrogen-bond donors (Lipinski definition) is 3. The van der Waals surface area contributed by atoms with E-state index in [2.05, 4.69) is 6.92 Å². The number of rotatable bonds is 0. The molecule has 3 N–H and O–H groups in total. The van der Waals surface area contributed by atoms with E-state index < -0.39 is 23.5 Å². The van der Waals surface area contributed by atoms with Crippen molar-refractivity contribution in [1.82, 2.24) is 0 Å². The largest absolute Gasteiger partial charge is 0.393 e. The molecule has 3 saturated carbocycles. The Morgan fingerprint density at radius 2 is 1.91 bits per heavy atom. The molecule has 130 valence electrons. The van der Waals surface area contributed by atoms with Gasteiger partial charge in [0, 0.05) is 6.42 Å². The van der Waals surface area contributed by atoms with Gasteiger partial charge in [-0.2, -0.15) is 0 Å². The summed E-state index contributed by atoms with van der Waals surface area (Å²) in [5, 5.41) is 32.6. The highest BCUT2D eigenvalue weighted by Gasteiger charge is 2.61. The van der Waals surface area contributed by atoms with E-state index in [1.807, 2.05) is 6.08 Å². The lowest BCUT2D eigenvalue weighted by Gasteiger charge is -2.49. The summed E-state index contributed by atoms with van der Waals surface area (Å²) in [7, 11) is 0. The summed E-state index contributed by atoms with van der Waals surface area (Å²) >= 11 is 0. The molecule has 4 aliphatic rings. The van der Waals surface area contributed by atoms with Crippen molar-refractivity contribution < 1.29 is 19.7 Å². The maximum atomic E-state index is 15.5. The molecule has 3 nitrogen and oxygen atoms in total. The first kappa shape index (κ1) is 16.0. The van der Waals surface area contributed by atoms with Crippen molar-refractivity contribution in [3.8, 4) is 0 Å². The van der Waals surface area contributed by atoms with Gasteiger partial charge in [-0.3, -0.25) is 0 Å². The van der Waals surface area contributed by atoms with Gasteiger partial charge in [0.2, 0.25) is 0 Å². The second-order valence-electron chi connectivity index (χ2n) is 8.91. The fraction of sp³-hybridized carbons (Fsp3) is 0.895. The molecular formula is C19H29FO3. The standard InChI is InChI=1S/C19H29FO3/c1-17-8-2-3-15(17)18(22)10-6-12-4-5-13(21)11-19(12,23)16(20)14(18)7-9-17/h7,12-13,15-16,21-23H,2-6,8-11H2,1H3/t12?,13?,15?,16?,17?,18-,19?/m1/s1. The molecule has 0 amide bonds. The molecule has 0 saturated heterocycles. The molecule has 0 aromatic heterocycles. The molecule has 4 heteroatoms. The zero-order chi connectivity index (χ0) is 16.5. The minimum absolute atomic E-state index is 0.0651. The second-order valence-corrected chi connectivity index (χ2v) is 8.91. The lowest BCUT2D eigenvalue weighted by atomic mass is 9.60. The Morgan fingerprint density at radius 3 is 2.70 bits per heavy atom. The number of hydrogen-bond acceptors (Lipinski definition) is 3. The van der Waals surface area contributed by atoms with Gasteiger partial charge in [-0.25, -0.2) is 4.39 Å². The van der Waals surface area contributed by atoms with Gasteiger partial charge in [0.05, 0.1) is 11.7 Å². The van der Waals surface area contributed by atoms with E-state index in [9.17, 15) is 15.3 Å². The first-order valence-corrected chi connectivity index (χ1v) is 9.27. The topological polar surface area (TPSA) is 60.7 Å². The van der Waals surface area contributed by atoms with Crippen LogP contribution < -0.4 is 0 Å². The predicted molar refractivity (Wildman–Crippen MR) is 85.5 cm³/mol. The Balaban J connectivity index is 1.76. The molecule has 6 unspecified atom stereocenters. The molecular weight excluding hydrogens is 295 g/mol. The van der Waals surface area contributed by atoms with E-state index in [4.69, 9.17) is 0 Å². The molecule has 0 spiro atoms. The summed E-state index contributed by atoms with van der Waals surface area (Å²) in [6.45, 7) is 2.22. The van der Waals surface area contributed by atoms with Crippen molar-refractivity contribution in [1.29, 1.82) is 0 Å². The van der Waals surface area contributed by atoms with Crippen LogP contribution in [0.4, 0.5) is 4.39 Å². The molecule has 4 rings (SSSR count). The van der Waals surface area contributed by atoms with E-state index in [0.717, 1.165) is 25.7 Å². The summed E-state index contributed by atoms with van der Waals surface area (Å²) in [5.41, 5.74) is -2.14. The van der Waals surface area contributed by atoms with Crippen LogP contribution in [0.15, 0.2) is 11.6 Å². The first-order valence-electron chi connectivity index (χ1n) is 9.27. The van der Waals surface area contributed by atoms with Crippen molar-refractivity contribution in [2.45, 2.75) is 88.2 Å². The van der Waals surface area contributed by atoms with Crippen molar-refractivity contribution in [3.05, 3.63) is 11.6 Å². The molecule has 0 radical (unpaired) electrons. The Kier molecular flexibility index (Phi) is 3.51. The highest BCUT2D eigenvalue weighted by atomic mass is 19.1. The highest BCUT2D eigenvalue weighted by Crippen LogP contribution is 2.61. The van der Waals surface area contributed by atoms with Gasteiger partial charge in [-0.1, -0.05) is 19.4 Å². The zero-order valence-electron chi connectivity index (χ0n) is 14.0. The summed E-state index contributed by atoms with van der Waals surface area (Å²) in [4.78, 5) is 0. The number of allylic oxidation sites excluding steroid dienone is 1. The van der Waals surface area contributed by atoms with Crippen molar-refractivity contribution in [3.63, 3.8) is 0 Å². The van der Waals surface area contributed by atoms with E-state index in [1.54, 1.807) is 0 Å². The third kappa shape index (κ3) is 2.11. The summed E-state index contributed by atoms with van der Waals surface area (Å²) < 4.78 is 15.5. The van der Waals surface area contributed by atoms with Gasteiger partial charge in [0.1, 0.15) is 5.60 Å². The molecule has 23 heavy (non-hydrogen) atoms.